The van der Waals surface area contributed by atoms with Crippen molar-refractivity contribution in [3.8, 4) is 11.1 Å². The molecule has 21 heavy (non-hydrogen) atoms. The van der Waals surface area contributed by atoms with Crippen LogP contribution in [-0.4, -0.2) is 4.98 Å². The first kappa shape index (κ1) is 15.4. The molecular formula is C18H18BrN2+. The number of aromatic nitrogens is 2. The minimum atomic E-state index is 0. The summed E-state index contributed by atoms with van der Waals surface area (Å²) in [5.41, 5.74) is 5.10. The Labute approximate surface area is 135 Å². The first-order chi connectivity index (χ1) is 9.83. The van der Waals surface area contributed by atoms with Crippen molar-refractivity contribution in [2.24, 2.45) is 0 Å². The van der Waals surface area contributed by atoms with Gasteiger partial charge in [0.05, 0.1) is 0 Å². The zero-order chi connectivity index (χ0) is 13.8. The summed E-state index contributed by atoms with van der Waals surface area (Å²) in [6.45, 7) is 3.06. The molecule has 0 unspecified atom stereocenters. The smallest absolute Gasteiger partial charge is 0.174 e. The summed E-state index contributed by atoms with van der Waals surface area (Å²) in [4.78, 5) is 4.05. The van der Waals surface area contributed by atoms with Crippen molar-refractivity contribution in [2.75, 3.05) is 0 Å². The number of hydrogen-bond acceptors (Lipinski definition) is 1. The second kappa shape index (κ2) is 7.14. The number of halogens is 1. The molecule has 0 saturated heterocycles. The fourth-order valence-electron chi connectivity index (χ4n) is 2.28. The summed E-state index contributed by atoms with van der Waals surface area (Å²) in [6.07, 6.45) is 7.90. The van der Waals surface area contributed by atoms with Gasteiger partial charge in [-0.3, -0.25) is 4.98 Å². The van der Waals surface area contributed by atoms with Gasteiger partial charge >= 0.3 is 0 Å². The molecule has 2 heterocycles. The summed E-state index contributed by atoms with van der Waals surface area (Å²) < 4.78 is 2.20. The van der Waals surface area contributed by atoms with E-state index < -0.39 is 0 Å². The molecule has 0 fully saturated rings. The maximum Gasteiger partial charge on any atom is 0.174 e. The van der Waals surface area contributed by atoms with Crippen LogP contribution in [0.25, 0.3) is 11.1 Å². The van der Waals surface area contributed by atoms with Crippen molar-refractivity contribution in [1.82, 2.24) is 4.98 Å². The lowest BCUT2D eigenvalue weighted by atomic mass is 10.1. The summed E-state index contributed by atoms with van der Waals surface area (Å²) >= 11 is 0. The van der Waals surface area contributed by atoms with Gasteiger partial charge in [-0.2, -0.15) is 0 Å². The largest absolute Gasteiger partial charge is 0.265 e. The van der Waals surface area contributed by atoms with E-state index in [0.717, 1.165) is 6.54 Å². The molecule has 0 saturated carbocycles. The molecule has 0 aliphatic carbocycles. The normalized spacial score (nSPS) is 9.95. The summed E-state index contributed by atoms with van der Waals surface area (Å²) in [5.74, 6) is 0. The highest BCUT2D eigenvalue weighted by molar-refractivity contribution is 8.93. The average molecular weight is 342 g/mol. The van der Waals surface area contributed by atoms with Gasteiger partial charge in [0.1, 0.15) is 0 Å². The number of pyridine rings is 2. The van der Waals surface area contributed by atoms with Crippen LogP contribution in [-0.2, 0) is 6.54 Å². The lowest BCUT2D eigenvalue weighted by Gasteiger charge is -2.03. The van der Waals surface area contributed by atoms with Crippen LogP contribution in [0.1, 0.15) is 11.1 Å². The average Bonchev–Trinajstić information content (AvgIpc) is 2.51. The summed E-state index contributed by atoms with van der Waals surface area (Å²) in [5, 5.41) is 0. The fourth-order valence-corrected chi connectivity index (χ4v) is 2.28. The van der Waals surface area contributed by atoms with Gasteiger partial charge in [-0.1, -0.05) is 24.3 Å². The molecule has 2 nitrogen and oxygen atoms in total. The molecule has 0 amide bonds. The van der Waals surface area contributed by atoms with Gasteiger partial charge in [-0.15, -0.1) is 17.0 Å². The first-order valence-electron chi connectivity index (χ1n) is 6.77. The van der Waals surface area contributed by atoms with Crippen molar-refractivity contribution < 1.29 is 4.57 Å². The van der Waals surface area contributed by atoms with Gasteiger partial charge in [0.15, 0.2) is 18.9 Å². The van der Waals surface area contributed by atoms with Gasteiger partial charge in [0, 0.05) is 30.1 Å². The third-order valence-electron chi connectivity index (χ3n) is 3.52. The number of hydrogen-bond donors (Lipinski definition) is 0. The molecule has 0 radical (unpaired) electrons. The van der Waals surface area contributed by atoms with Crippen molar-refractivity contribution in [1.29, 1.82) is 0 Å². The van der Waals surface area contributed by atoms with E-state index >= 15 is 0 Å². The van der Waals surface area contributed by atoms with Gasteiger partial charge in [0.2, 0.25) is 0 Å². The van der Waals surface area contributed by atoms with Crippen molar-refractivity contribution in [3.05, 3.63) is 84.4 Å². The molecule has 3 rings (SSSR count). The number of aryl methyl sites for hydroxylation is 1. The Morgan fingerprint density at radius 2 is 1.48 bits per heavy atom. The van der Waals surface area contributed by atoms with Crippen LogP contribution in [0.5, 0.6) is 0 Å². The van der Waals surface area contributed by atoms with Crippen LogP contribution in [0, 0.1) is 6.92 Å². The molecule has 0 spiro atoms. The number of nitrogens with zero attached hydrogens (tertiary/aromatic N) is 2. The van der Waals surface area contributed by atoms with Gasteiger partial charge in [-0.05, 0) is 35.7 Å². The van der Waals surface area contributed by atoms with Gasteiger partial charge < -0.3 is 0 Å². The molecule has 3 heteroatoms. The third-order valence-corrected chi connectivity index (χ3v) is 3.52. The second-order valence-electron chi connectivity index (χ2n) is 4.92. The van der Waals surface area contributed by atoms with Crippen LogP contribution in [0.3, 0.4) is 0 Å². The zero-order valence-electron chi connectivity index (χ0n) is 11.9. The standard InChI is InChI=1S/C18H17N2.BrH/c1-15-4-2-3-5-18(15)14-20-12-8-17(9-13-20)16-6-10-19-11-7-16;/h2-13H,14H2,1H3;1H/q+1;. The van der Waals surface area contributed by atoms with Gasteiger partial charge in [0.25, 0.3) is 0 Å². The van der Waals surface area contributed by atoms with E-state index in [9.17, 15) is 0 Å². The topological polar surface area (TPSA) is 16.8 Å². The Kier molecular flexibility index (Phi) is 5.23. The minimum absolute atomic E-state index is 0. The lowest BCUT2D eigenvalue weighted by Crippen LogP contribution is -2.33. The maximum absolute atomic E-state index is 4.05. The minimum Gasteiger partial charge on any atom is -0.265 e. The predicted molar refractivity (Wildman–Crippen MR) is 90.5 cm³/mol. The van der Waals surface area contributed by atoms with Crippen molar-refractivity contribution in [3.63, 3.8) is 0 Å². The molecular weight excluding hydrogens is 324 g/mol. The molecule has 0 bridgehead atoms. The Morgan fingerprint density at radius 3 is 2.14 bits per heavy atom. The Morgan fingerprint density at radius 1 is 0.857 bits per heavy atom. The summed E-state index contributed by atoms with van der Waals surface area (Å²) in [6, 6.07) is 16.9. The van der Waals surface area contributed by atoms with Gasteiger partial charge in [-0.25, -0.2) is 4.57 Å². The molecule has 0 N–H and O–H groups in total. The van der Waals surface area contributed by atoms with Crippen molar-refractivity contribution >= 4 is 17.0 Å². The third kappa shape index (κ3) is 3.76. The van der Waals surface area contributed by atoms with Crippen LogP contribution < -0.4 is 4.57 Å². The molecule has 106 valence electrons. The number of rotatable bonds is 3. The molecule has 0 atom stereocenters. The summed E-state index contributed by atoms with van der Waals surface area (Å²) in [7, 11) is 0. The lowest BCUT2D eigenvalue weighted by molar-refractivity contribution is -0.688. The maximum atomic E-state index is 4.05. The van der Waals surface area contributed by atoms with E-state index in [4.69, 9.17) is 0 Å². The highest BCUT2D eigenvalue weighted by atomic mass is 79.9. The quantitative estimate of drug-likeness (QED) is 0.658. The second-order valence-corrected chi connectivity index (χ2v) is 4.92. The molecule has 1 aromatic carbocycles. The first-order valence-corrected chi connectivity index (χ1v) is 6.77. The molecule has 0 aliphatic rings. The molecule has 2 aromatic heterocycles. The SMILES string of the molecule is Br.Cc1ccccc1C[n+]1ccc(-c2ccncc2)cc1. The van der Waals surface area contributed by atoms with E-state index in [1.165, 1.54) is 22.3 Å². The Hall–Kier alpha value is -2.00. The van der Waals surface area contributed by atoms with Crippen LogP contribution in [0.15, 0.2) is 73.3 Å². The zero-order valence-corrected chi connectivity index (χ0v) is 13.7. The predicted octanol–water partition coefficient (Wildman–Crippen LogP) is 3.97. The van der Waals surface area contributed by atoms with E-state index in [1.54, 1.807) is 0 Å². The molecule has 0 aliphatic heterocycles. The van der Waals surface area contributed by atoms with Crippen LogP contribution >= 0.6 is 17.0 Å². The van der Waals surface area contributed by atoms with Crippen LogP contribution in [0.4, 0.5) is 0 Å². The molecule has 3 aromatic rings. The monoisotopic (exact) mass is 341 g/mol. The number of benzene rings is 1. The Balaban J connectivity index is 0.00000161. The van der Waals surface area contributed by atoms with E-state index in [2.05, 4.69) is 65.3 Å². The van der Waals surface area contributed by atoms with Crippen molar-refractivity contribution in [2.45, 2.75) is 13.5 Å². The fraction of sp³-hybridized carbons (Fsp3) is 0.111. The van der Waals surface area contributed by atoms with Crippen LogP contribution in [0.2, 0.25) is 0 Å². The highest BCUT2D eigenvalue weighted by Gasteiger charge is 2.05. The van der Waals surface area contributed by atoms with E-state index in [0.29, 0.717) is 0 Å². The Bertz CT molecular complexity index is 694. The van der Waals surface area contributed by atoms with E-state index in [1.807, 2.05) is 24.5 Å². The van der Waals surface area contributed by atoms with E-state index in [-0.39, 0.29) is 17.0 Å². The highest BCUT2D eigenvalue weighted by Crippen LogP contribution is 2.16.